The van der Waals surface area contributed by atoms with Crippen molar-refractivity contribution in [3.8, 4) is 0 Å². The number of aromatic nitrogens is 4. The summed E-state index contributed by atoms with van der Waals surface area (Å²) < 4.78 is 16.6. The van der Waals surface area contributed by atoms with Crippen LogP contribution in [0.2, 0.25) is 0 Å². The van der Waals surface area contributed by atoms with Gasteiger partial charge in [-0.05, 0) is 35.7 Å². The number of nitrogens with zero attached hydrogens (tertiary/aromatic N) is 6. The van der Waals surface area contributed by atoms with Crippen molar-refractivity contribution in [1.29, 1.82) is 0 Å². The van der Waals surface area contributed by atoms with E-state index >= 15 is 0 Å². The predicted molar refractivity (Wildman–Crippen MR) is 153 cm³/mol. The molecule has 3 aromatic rings. The Kier molecular flexibility index (Phi) is 10.7. The fraction of sp³-hybridized carbons (Fsp3) is 0.464. The molecule has 0 bridgehead atoms. The predicted octanol–water partition coefficient (Wildman–Crippen LogP) is 3.02. The van der Waals surface area contributed by atoms with Crippen molar-refractivity contribution in [3.05, 3.63) is 54.0 Å². The molecule has 3 N–H and O–H groups in total. The van der Waals surface area contributed by atoms with Gasteiger partial charge >= 0.3 is 0 Å². The molecule has 0 aliphatic carbocycles. The second-order valence-corrected chi connectivity index (χ2v) is 9.63. The molecule has 1 atom stereocenters. The molecule has 0 radical (unpaired) electrons. The van der Waals surface area contributed by atoms with Crippen LogP contribution in [-0.4, -0.2) is 97.1 Å². The van der Waals surface area contributed by atoms with Crippen LogP contribution in [0.15, 0.2) is 47.9 Å². The highest BCUT2D eigenvalue weighted by Gasteiger charge is 2.17. The standard InChI is InChI=1S/C28H38N8O3/c1-20(2)21-13-28(35-32-17-21)34-27-5-4-25-26(33-27)12-22(16-31-25)23(14-29)15-30-18-24(39-11-10-37-3)19-36-6-8-38-9-7-36/h4-5,12-17,20,24H,6-11,18-19,29H2,1-3H3,(H,33,34,35). The summed E-state index contributed by atoms with van der Waals surface area (Å²) >= 11 is 0. The van der Waals surface area contributed by atoms with Crippen LogP contribution >= 0.6 is 0 Å². The summed E-state index contributed by atoms with van der Waals surface area (Å²) in [5, 5.41) is 11.5. The first-order valence-electron chi connectivity index (χ1n) is 13.2. The summed E-state index contributed by atoms with van der Waals surface area (Å²) in [6.45, 7) is 9.85. The molecule has 3 aromatic heterocycles. The summed E-state index contributed by atoms with van der Waals surface area (Å²) in [5.74, 6) is 1.65. The minimum absolute atomic E-state index is 0.0594. The lowest BCUT2D eigenvalue weighted by Gasteiger charge is -2.29. The van der Waals surface area contributed by atoms with Crippen molar-refractivity contribution < 1.29 is 14.2 Å². The molecule has 0 saturated carbocycles. The molecule has 1 unspecified atom stereocenters. The quantitative estimate of drug-likeness (QED) is 0.249. The highest BCUT2D eigenvalue weighted by atomic mass is 16.5. The molecule has 11 nitrogen and oxygen atoms in total. The zero-order chi connectivity index (χ0) is 27.5. The van der Waals surface area contributed by atoms with Gasteiger partial charge in [0.1, 0.15) is 5.82 Å². The zero-order valence-electron chi connectivity index (χ0n) is 22.9. The Morgan fingerprint density at radius 2 is 2.00 bits per heavy atom. The van der Waals surface area contributed by atoms with Crippen LogP contribution in [0.5, 0.6) is 0 Å². The van der Waals surface area contributed by atoms with Crippen LogP contribution in [0.3, 0.4) is 0 Å². The van der Waals surface area contributed by atoms with Gasteiger partial charge in [-0.25, -0.2) is 4.98 Å². The number of aliphatic imine (C=N–C) groups is 1. The molecule has 208 valence electrons. The molecule has 1 aliphatic rings. The van der Waals surface area contributed by atoms with Crippen molar-refractivity contribution in [2.45, 2.75) is 25.9 Å². The summed E-state index contributed by atoms with van der Waals surface area (Å²) in [5.41, 5.74) is 10.2. The fourth-order valence-electron chi connectivity index (χ4n) is 4.14. The highest BCUT2D eigenvalue weighted by molar-refractivity contribution is 6.10. The van der Waals surface area contributed by atoms with E-state index in [-0.39, 0.29) is 6.10 Å². The van der Waals surface area contributed by atoms with Gasteiger partial charge in [0.05, 0.1) is 56.3 Å². The molecule has 4 heterocycles. The van der Waals surface area contributed by atoms with Crippen molar-refractivity contribution >= 4 is 34.5 Å². The number of ether oxygens (including phenoxy) is 3. The van der Waals surface area contributed by atoms with Crippen LogP contribution in [-0.2, 0) is 14.2 Å². The van der Waals surface area contributed by atoms with Crippen molar-refractivity contribution in [3.63, 3.8) is 0 Å². The highest BCUT2D eigenvalue weighted by Crippen LogP contribution is 2.21. The summed E-state index contributed by atoms with van der Waals surface area (Å²) in [4.78, 5) is 16.3. The van der Waals surface area contributed by atoms with E-state index < -0.39 is 0 Å². The van der Waals surface area contributed by atoms with Crippen LogP contribution in [0.25, 0.3) is 16.6 Å². The lowest BCUT2D eigenvalue weighted by molar-refractivity contribution is -0.0209. The van der Waals surface area contributed by atoms with E-state index in [2.05, 4.69) is 44.2 Å². The van der Waals surface area contributed by atoms with Gasteiger partial charge in [-0.15, -0.1) is 5.10 Å². The van der Waals surface area contributed by atoms with E-state index in [1.165, 1.54) is 6.20 Å². The minimum atomic E-state index is -0.0594. The Bertz CT molecular complexity index is 1260. The Morgan fingerprint density at radius 3 is 2.77 bits per heavy atom. The Morgan fingerprint density at radius 1 is 1.15 bits per heavy atom. The lowest BCUT2D eigenvalue weighted by Crippen LogP contribution is -2.42. The van der Waals surface area contributed by atoms with Gasteiger partial charge in [0.25, 0.3) is 0 Å². The van der Waals surface area contributed by atoms with Crippen LogP contribution in [0.1, 0.15) is 30.9 Å². The van der Waals surface area contributed by atoms with Gasteiger partial charge in [-0.1, -0.05) is 13.8 Å². The number of rotatable bonds is 13. The molecule has 1 saturated heterocycles. The topological polar surface area (TPSA) is 133 Å². The second-order valence-electron chi connectivity index (χ2n) is 9.63. The molecule has 0 aromatic carbocycles. The SMILES string of the molecule is COCCOC(CN=CC(=CN)c1cnc2ccc(Nc3cc(C(C)C)cnn3)nc2c1)CN1CCOCC1. The van der Waals surface area contributed by atoms with E-state index in [0.29, 0.717) is 37.3 Å². The number of anilines is 2. The average Bonchev–Trinajstić information content (AvgIpc) is 2.95. The van der Waals surface area contributed by atoms with Crippen molar-refractivity contribution in [2.75, 3.05) is 65.0 Å². The van der Waals surface area contributed by atoms with Gasteiger partial charge in [0.15, 0.2) is 5.82 Å². The molecular formula is C28H38N8O3. The first-order chi connectivity index (χ1) is 19.1. The summed E-state index contributed by atoms with van der Waals surface area (Å²) in [7, 11) is 1.67. The number of hydrogen-bond acceptors (Lipinski definition) is 11. The fourth-order valence-corrected chi connectivity index (χ4v) is 4.14. The third kappa shape index (κ3) is 8.49. The van der Waals surface area contributed by atoms with E-state index in [9.17, 15) is 0 Å². The maximum atomic E-state index is 6.04. The molecular weight excluding hydrogens is 496 g/mol. The maximum Gasteiger partial charge on any atom is 0.154 e. The van der Waals surface area contributed by atoms with Gasteiger partial charge in [-0.2, -0.15) is 5.10 Å². The first kappa shape index (κ1) is 28.5. The molecule has 1 aliphatic heterocycles. The monoisotopic (exact) mass is 534 g/mol. The average molecular weight is 535 g/mol. The van der Waals surface area contributed by atoms with E-state index in [1.807, 2.05) is 24.3 Å². The summed E-state index contributed by atoms with van der Waals surface area (Å²) in [6, 6.07) is 7.73. The number of nitrogens with one attached hydrogen (secondary N) is 1. The maximum absolute atomic E-state index is 6.04. The number of methoxy groups -OCH3 is 1. The second kappa shape index (κ2) is 14.6. The molecule has 1 fully saturated rings. The van der Waals surface area contributed by atoms with Crippen LogP contribution in [0.4, 0.5) is 11.6 Å². The van der Waals surface area contributed by atoms with Gasteiger partial charge < -0.3 is 25.3 Å². The van der Waals surface area contributed by atoms with E-state index in [1.54, 1.807) is 25.7 Å². The summed E-state index contributed by atoms with van der Waals surface area (Å²) in [6.07, 6.45) is 6.79. The van der Waals surface area contributed by atoms with Crippen LogP contribution < -0.4 is 11.1 Å². The van der Waals surface area contributed by atoms with Gasteiger partial charge in [-0.3, -0.25) is 14.9 Å². The van der Waals surface area contributed by atoms with E-state index in [4.69, 9.17) is 24.9 Å². The number of morpholine rings is 1. The number of pyridine rings is 2. The first-order valence-corrected chi connectivity index (χ1v) is 13.2. The minimum Gasteiger partial charge on any atom is -0.404 e. The van der Waals surface area contributed by atoms with Crippen molar-refractivity contribution in [2.24, 2.45) is 10.7 Å². The number of fused-ring (bicyclic) bond motifs is 1. The number of hydrogen-bond donors (Lipinski definition) is 2. The van der Waals surface area contributed by atoms with E-state index in [0.717, 1.165) is 60.6 Å². The lowest BCUT2D eigenvalue weighted by atomic mass is 10.1. The Hall–Kier alpha value is -3.51. The largest absolute Gasteiger partial charge is 0.404 e. The zero-order valence-corrected chi connectivity index (χ0v) is 22.9. The third-order valence-electron chi connectivity index (χ3n) is 6.39. The van der Waals surface area contributed by atoms with Crippen LogP contribution in [0, 0.1) is 0 Å². The molecule has 39 heavy (non-hydrogen) atoms. The van der Waals surface area contributed by atoms with Gasteiger partial charge in [0, 0.05) is 56.5 Å². The Balaban J connectivity index is 1.45. The van der Waals surface area contributed by atoms with Crippen molar-refractivity contribution in [1.82, 2.24) is 25.1 Å². The van der Waals surface area contributed by atoms with Gasteiger partial charge in [0.2, 0.25) is 0 Å². The molecule has 4 rings (SSSR count). The Labute approximate surface area is 229 Å². The number of allylic oxidation sites excluding steroid dienone is 1. The molecule has 0 amide bonds. The molecule has 0 spiro atoms. The smallest absolute Gasteiger partial charge is 0.154 e. The molecule has 11 heteroatoms. The number of nitrogens with two attached hydrogens (primary N) is 1. The normalized spacial score (nSPS) is 15.8. The third-order valence-corrected chi connectivity index (χ3v) is 6.39.